The first-order valence-electron chi connectivity index (χ1n) is 5.01. The molecule has 0 aliphatic heterocycles. The van der Waals surface area contributed by atoms with Crippen molar-refractivity contribution in [1.82, 2.24) is 15.0 Å². The van der Waals surface area contributed by atoms with Crippen LogP contribution in [-0.4, -0.2) is 26.0 Å². The summed E-state index contributed by atoms with van der Waals surface area (Å²) in [6.45, 7) is 1.71. The van der Waals surface area contributed by atoms with E-state index < -0.39 is 5.97 Å². The van der Waals surface area contributed by atoms with Gasteiger partial charge in [0.1, 0.15) is 10.7 Å². The molecule has 2 heterocycles. The number of aromatic amines is 1. The highest BCUT2D eigenvalue weighted by Gasteiger charge is 2.07. The Morgan fingerprint density at radius 2 is 2.17 bits per heavy atom. The predicted molar refractivity (Wildman–Crippen MR) is 64.9 cm³/mol. The summed E-state index contributed by atoms with van der Waals surface area (Å²) in [7, 11) is 0. The van der Waals surface area contributed by atoms with Crippen molar-refractivity contribution in [2.24, 2.45) is 0 Å². The van der Waals surface area contributed by atoms with E-state index in [-0.39, 0.29) is 11.3 Å². The lowest BCUT2D eigenvalue weighted by molar-refractivity contribution is 0.0689. The van der Waals surface area contributed by atoms with Gasteiger partial charge in [0.05, 0.1) is 0 Å². The van der Waals surface area contributed by atoms with Gasteiger partial charge >= 0.3 is 5.97 Å². The fourth-order valence-electron chi connectivity index (χ4n) is 1.29. The zero-order valence-corrected chi connectivity index (χ0v) is 10.2. The number of H-pyrrole nitrogens is 1. The van der Waals surface area contributed by atoms with E-state index >= 15 is 0 Å². The number of aromatic carboxylic acids is 1. The van der Waals surface area contributed by atoms with Gasteiger partial charge < -0.3 is 10.1 Å². The highest BCUT2D eigenvalue weighted by molar-refractivity contribution is 7.99. The number of rotatable bonds is 3. The average molecular weight is 263 g/mol. The minimum absolute atomic E-state index is 0.0463. The Kier molecular flexibility index (Phi) is 3.42. The Balaban J connectivity index is 2.31. The lowest BCUT2D eigenvalue weighted by Crippen LogP contribution is -2.08. The third-order valence-electron chi connectivity index (χ3n) is 1.99. The summed E-state index contributed by atoms with van der Waals surface area (Å²) in [5.41, 5.74) is 0.296. The molecule has 0 radical (unpaired) electrons. The highest BCUT2D eigenvalue weighted by Crippen LogP contribution is 2.21. The Morgan fingerprint density at radius 1 is 1.39 bits per heavy atom. The van der Waals surface area contributed by atoms with Crippen molar-refractivity contribution >= 4 is 17.7 Å². The van der Waals surface area contributed by atoms with Gasteiger partial charge in [-0.25, -0.2) is 14.8 Å². The van der Waals surface area contributed by atoms with Crippen molar-refractivity contribution in [3.05, 3.63) is 46.0 Å². The molecule has 18 heavy (non-hydrogen) atoms. The molecule has 0 spiro atoms. The fourth-order valence-corrected chi connectivity index (χ4v) is 2.12. The minimum Gasteiger partial charge on any atom is -0.477 e. The molecular weight excluding hydrogens is 254 g/mol. The van der Waals surface area contributed by atoms with E-state index in [9.17, 15) is 9.59 Å². The molecule has 6 nitrogen and oxygen atoms in total. The number of nitrogens with one attached hydrogen (secondary N) is 1. The van der Waals surface area contributed by atoms with Crippen molar-refractivity contribution < 1.29 is 9.90 Å². The number of carboxylic acid groups (broad SMARTS) is 1. The van der Waals surface area contributed by atoms with E-state index in [1.54, 1.807) is 19.1 Å². The van der Waals surface area contributed by atoms with Gasteiger partial charge in [0.15, 0.2) is 5.16 Å². The zero-order valence-electron chi connectivity index (χ0n) is 9.38. The second kappa shape index (κ2) is 5.01. The Hall–Kier alpha value is -2.15. The first kappa shape index (κ1) is 12.3. The van der Waals surface area contributed by atoms with Crippen LogP contribution in [0.4, 0.5) is 0 Å². The van der Waals surface area contributed by atoms with Crippen molar-refractivity contribution in [1.29, 1.82) is 0 Å². The van der Waals surface area contributed by atoms with E-state index in [0.717, 1.165) is 11.8 Å². The molecule has 7 heteroatoms. The predicted octanol–water partition coefficient (Wildman–Crippen LogP) is 1.32. The normalized spacial score (nSPS) is 10.3. The van der Waals surface area contributed by atoms with Crippen LogP contribution in [0.25, 0.3) is 0 Å². The molecule has 0 amide bonds. The number of pyridine rings is 1. The van der Waals surface area contributed by atoms with Crippen molar-refractivity contribution in [3.63, 3.8) is 0 Å². The van der Waals surface area contributed by atoms with Crippen LogP contribution in [0.15, 0.2) is 39.2 Å². The van der Waals surface area contributed by atoms with Crippen LogP contribution in [0.2, 0.25) is 0 Å². The number of carboxylic acids is 1. The smallest absolute Gasteiger partial charge is 0.354 e. The van der Waals surface area contributed by atoms with Gasteiger partial charge in [-0.1, -0.05) is 6.07 Å². The summed E-state index contributed by atoms with van der Waals surface area (Å²) >= 11 is 1.11. The topological polar surface area (TPSA) is 95.9 Å². The second-order valence-corrected chi connectivity index (χ2v) is 4.47. The highest BCUT2D eigenvalue weighted by atomic mass is 32.2. The SMILES string of the molecule is Cc1cc(=O)[nH]c(Sc2cccc(C(=O)O)n2)n1. The van der Waals surface area contributed by atoms with Gasteiger partial charge in [-0.15, -0.1) is 0 Å². The number of hydrogen-bond acceptors (Lipinski definition) is 5. The van der Waals surface area contributed by atoms with Gasteiger partial charge in [0.2, 0.25) is 0 Å². The third kappa shape index (κ3) is 2.95. The molecule has 0 bridgehead atoms. The summed E-state index contributed by atoms with van der Waals surface area (Å²) in [6, 6.07) is 6.02. The molecule has 0 aromatic carbocycles. The molecule has 0 fully saturated rings. The maximum atomic E-state index is 11.3. The van der Waals surface area contributed by atoms with E-state index in [2.05, 4.69) is 15.0 Å². The van der Waals surface area contributed by atoms with E-state index in [1.807, 2.05) is 0 Å². The van der Waals surface area contributed by atoms with Crippen molar-refractivity contribution in [2.45, 2.75) is 17.1 Å². The molecule has 0 saturated heterocycles. The van der Waals surface area contributed by atoms with Gasteiger partial charge in [0.25, 0.3) is 5.56 Å². The average Bonchev–Trinajstić information content (AvgIpc) is 2.27. The fraction of sp³-hybridized carbons (Fsp3) is 0.0909. The van der Waals surface area contributed by atoms with Crippen LogP contribution in [-0.2, 0) is 0 Å². The van der Waals surface area contributed by atoms with Crippen LogP contribution in [0.1, 0.15) is 16.2 Å². The van der Waals surface area contributed by atoms with Crippen LogP contribution >= 0.6 is 11.8 Å². The monoisotopic (exact) mass is 263 g/mol. The lowest BCUT2D eigenvalue weighted by Gasteiger charge is -2.01. The Morgan fingerprint density at radius 3 is 2.83 bits per heavy atom. The standard InChI is InChI=1S/C11H9N3O3S/c1-6-5-8(15)14-11(12-6)18-9-4-2-3-7(13-9)10(16)17/h2-5H,1H3,(H,16,17)(H,12,14,15). The van der Waals surface area contributed by atoms with Gasteiger partial charge in [0, 0.05) is 11.8 Å². The van der Waals surface area contributed by atoms with Crippen LogP contribution in [0, 0.1) is 6.92 Å². The molecule has 92 valence electrons. The maximum absolute atomic E-state index is 11.3. The molecule has 0 unspecified atom stereocenters. The van der Waals surface area contributed by atoms with Gasteiger partial charge in [-0.2, -0.15) is 0 Å². The maximum Gasteiger partial charge on any atom is 0.354 e. The number of aryl methyl sites for hydroxylation is 1. The van der Waals surface area contributed by atoms with Crippen LogP contribution < -0.4 is 5.56 Å². The molecule has 0 saturated carbocycles. The lowest BCUT2D eigenvalue weighted by atomic mass is 10.4. The van der Waals surface area contributed by atoms with Crippen molar-refractivity contribution in [2.75, 3.05) is 0 Å². The third-order valence-corrected chi connectivity index (χ3v) is 2.82. The molecule has 0 aliphatic rings. The molecule has 2 rings (SSSR count). The van der Waals surface area contributed by atoms with Gasteiger partial charge in [-0.3, -0.25) is 4.79 Å². The first-order valence-corrected chi connectivity index (χ1v) is 5.82. The van der Waals surface area contributed by atoms with Crippen molar-refractivity contribution in [3.8, 4) is 0 Å². The van der Waals surface area contributed by atoms with Crippen LogP contribution in [0.3, 0.4) is 0 Å². The van der Waals surface area contributed by atoms with E-state index in [4.69, 9.17) is 5.11 Å². The quantitative estimate of drug-likeness (QED) is 0.811. The Labute approximate surface area is 106 Å². The largest absolute Gasteiger partial charge is 0.477 e. The molecule has 2 aromatic heterocycles. The second-order valence-electron chi connectivity index (χ2n) is 3.46. The minimum atomic E-state index is -1.09. The molecule has 0 aliphatic carbocycles. The summed E-state index contributed by atoms with van der Waals surface area (Å²) in [4.78, 5) is 32.6. The first-order chi connectivity index (χ1) is 8.54. The Bertz CT molecular complexity index is 654. The number of nitrogens with zero attached hydrogens (tertiary/aromatic N) is 2. The number of hydrogen-bond donors (Lipinski definition) is 2. The molecular formula is C11H9N3O3S. The van der Waals surface area contributed by atoms with Crippen LogP contribution in [0.5, 0.6) is 0 Å². The summed E-state index contributed by atoms with van der Waals surface area (Å²) in [6.07, 6.45) is 0. The molecule has 2 N–H and O–H groups in total. The molecule has 0 atom stereocenters. The van der Waals surface area contributed by atoms with Gasteiger partial charge in [-0.05, 0) is 30.8 Å². The number of carbonyl (C=O) groups is 1. The summed E-state index contributed by atoms with van der Waals surface area (Å²) in [5.74, 6) is -1.09. The summed E-state index contributed by atoms with van der Waals surface area (Å²) in [5, 5.41) is 9.66. The molecule has 2 aromatic rings. The summed E-state index contributed by atoms with van der Waals surface area (Å²) < 4.78 is 0. The zero-order chi connectivity index (χ0) is 13.1. The van der Waals surface area contributed by atoms with E-state index in [0.29, 0.717) is 15.9 Å². The van der Waals surface area contributed by atoms with E-state index in [1.165, 1.54) is 12.1 Å². The number of aromatic nitrogens is 3.